The zero-order chi connectivity index (χ0) is 23.6. The monoisotopic (exact) mass is 465 g/mol. The maximum absolute atomic E-state index is 12.7. The molecule has 0 aromatic heterocycles. The number of aliphatic hydroxyl groups excluding tert-OH is 1. The highest BCUT2D eigenvalue weighted by Gasteiger charge is 2.47. The van der Waals surface area contributed by atoms with E-state index in [0.29, 0.717) is 12.1 Å². The third-order valence-electron chi connectivity index (χ3n) is 3.82. The number of nitro groups is 2. The number of hydrogen-bond acceptors (Lipinski definition) is 9. The summed E-state index contributed by atoms with van der Waals surface area (Å²) in [6, 6.07) is 6.15. The fourth-order valence-corrected chi connectivity index (χ4v) is 3.05. The normalized spacial score (nSPS) is 13.8. The van der Waals surface area contributed by atoms with Crippen molar-refractivity contribution in [2.24, 2.45) is 0 Å². The van der Waals surface area contributed by atoms with E-state index in [1.54, 1.807) is 0 Å². The maximum Gasteiger partial charge on any atom is 0.501 e. The minimum absolute atomic E-state index is 0.198. The first-order valence-corrected chi connectivity index (χ1v) is 9.68. The van der Waals surface area contributed by atoms with Gasteiger partial charge in [-0.05, 0) is 31.2 Å². The number of nitro benzene ring substituents is 2. The van der Waals surface area contributed by atoms with Crippen molar-refractivity contribution >= 4 is 26.9 Å². The summed E-state index contributed by atoms with van der Waals surface area (Å²) in [6.45, 7) is 1.23. The topological polar surface area (TPSA) is 162 Å². The van der Waals surface area contributed by atoms with Crippen LogP contribution in [0.3, 0.4) is 0 Å². The van der Waals surface area contributed by atoms with E-state index in [0.717, 1.165) is 12.1 Å². The summed E-state index contributed by atoms with van der Waals surface area (Å²) in [4.78, 5) is 18.8. The second-order valence-electron chi connectivity index (χ2n) is 6.06. The van der Waals surface area contributed by atoms with E-state index >= 15 is 0 Å². The minimum atomic E-state index is -5.83. The second kappa shape index (κ2) is 8.73. The number of ether oxygens (including phenoxy) is 1. The Morgan fingerprint density at radius 3 is 2.10 bits per heavy atom. The van der Waals surface area contributed by atoms with Crippen LogP contribution >= 0.6 is 0 Å². The van der Waals surface area contributed by atoms with E-state index in [9.17, 15) is 46.9 Å². The summed E-state index contributed by atoms with van der Waals surface area (Å²) in [5, 5.41) is 34.5. The quantitative estimate of drug-likeness (QED) is 0.339. The summed E-state index contributed by atoms with van der Waals surface area (Å²) >= 11 is 0. The molecular formula is C16H14F3N3O8S. The Morgan fingerprint density at radius 1 is 1.06 bits per heavy atom. The molecule has 0 spiro atoms. The summed E-state index contributed by atoms with van der Waals surface area (Å²) in [5.41, 5.74) is -6.75. The van der Waals surface area contributed by atoms with E-state index in [1.807, 2.05) is 0 Å². The number of alkyl halides is 3. The van der Waals surface area contributed by atoms with Gasteiger partial charge in [0.25, 0.3) is 15.5 Å². The molecule has 2 aromatic carbocycles. The van der Waals surface area contributed by atoms with E-state index in [1.165, 1.54) is 19.1 Å². The third-order valence-corrected chi connectivity index (χ3v) is 5.31. The van der Waals surface area contributed by atoms with Crippen molar-refractivity contribution in [3.05, 3.63) is 62.7 Å². The van der Waals surface area contributed by atoms with Crippen LogP contribution in [-0.4, -0.2) is 41.2 Å². The molecule has 15 heteroatoms. The Morgan fingerprint density at radius 2 is 1.65 bits per heavy atom. The van der Waals surface area contributed by atoms with E-state index in [2.05, 4.69) is 5.32 Å². The molecule has 0 aliphatic carbocycles. The van der Waals surface area contributed by atoms with Gasteiger partial charge in [-0.1, -0.05) is 0 Å². The van der Waals surface area contributed by atoms with Crippen molar-refractivity contribution in [2.75, 3.05) is 5.32 Å². The van der Waals surface area contributed by atoms with Crippen LogP contribution < -0.4 is 10.1 Å². The molecule has 0 saturated heterocycles. The Labute approximate surface area is 172 Å². The van der Waals surface area contributed by atoms with E-state index < -0.39 is 53.9 Å². The molecule has 0 saturated carbocycles. The maximum atomic E-state index is 12.7. The smallest absolute Gasteiger partial charge is 0.461 e. The summed E-state index contributed by atoms with van der Waals surface area (Å²) in [6.07, 6.45) is -2.71. The molecule has 2 aromatic rings. The molecule has 11 nitrogen and oxygen atoms in total. The van der Waals surface area contributed by atoms with Crippen LogP contribution in [0.15, 0.2) is 47.4 Å². The number of anilines is 1. The predicted molar refractivity (Wildman–Crippen MR) is 99.2 cm³/mol. The molecule has 0 bridgehead atoms. The molecule has 2 rings (SSSR count). The first kappa shape index (κ1) is 23.8. The predicted octanol–water partition coefficient (Wildman–Crippen LogP) is 2.99. The van der Waals surface area contributed by atoms with Crippen molar-refractivity contribution in [1.82, 2.24) is 0 Å². The second-order valence-corrected chi connectivity index (χ2v) is 8.00. The lowest BCUT2D eigenvalue weighted by atomic mass is 10.2. The van der Waals surface area contributed by atoms with Crippen LogP contribution in [0.25, 0.3) is 0 Å². The fraction of sp³-hybridized carbons (Fsp3) is 0.250. The molecule has 2 unspecified atom stereocenters. The third kappa shape index (κ3) is 5.37. The van der Waals surface area contributed by atoms with Crippen molar-refractivity contribution in [1.29, 1.82) is 0 Å². The zero-order valence-corrected chi connectivity index (χ0v) is 16.3. The number of hydrogen-bond donors (Lipinski definition) is 2. The molecule has 31 heavy (non-hydrogen) atoms. The molecule has 0 aliphatic heterocycles. The Balaban J connectivity index is 2.37. The van der Waals surface area contributed by atoms with Gasteiger partial charge in [-0.2, -0.15) is 13.2 Å². The molecule has 0 heterocycles. The largest absolute Gasteiger partial charge is 0.501 e. The first-order chi connectivity index (χ1) is 14.2. The van der Waals surface area contributed by atoms with Gasteiger partial charge in [-0.25, -0.2) is 8.42 Å². The van der Waals surface area contributed by atoms with Gasteiger partial charge in [0.2, 0.25) is 0 Å². The molecular weight excluding hydrogens is 451 g/mol. The number of nitrogens with one attached hydrogen (secondary N) is 1. The van der Waals surface area contributed by atoms with Gasteiger partial charge < -0.3 is 15.2 Å². The zero-order valence-electron chi connectivity index (χ0n) is 15.4. The highest BCUT2D eigenvalue weighted by molar-refractivity contribution is 7.92. The van der Waals surface area contributed by atoms with Gasteiger partial charge in [0.1, 0.15) is 6.10 Å². The molecule has 0 fully saturated rings. The lowest BCUT2D eigenvalue weighted by Crippen LogP contribution is -2.37. The van der Waals surface area contributed by atoms with Gasteiger partial charge in [-0.3, -0.25) is 20.2 Å². The van der Waals surface area contributed by atoms with Crippen LogP contribution in [0.1, 0.15) is 6.92 Å². The molecule has 0 radical (unpaired) electrons. The number of non-ortho nitro benzene ring substituents is 1. The number of benzene rings is 2. The van der Waals surface area contributed by atoms with Gasteiger partial charge >= 0.3 is 11.2 Å². The van der Waals surface area contributed by atoms with Crippen molar-refractivity contribution in [3.8, 4) is 5.75 Å². The van der Waals surface area contributed by atoms with Gasteiger partial charge in [-0.15, -0.1) is 0 Å². The molecule has 168 valence electrons. The lowest BCUT2D eigenvalue weighted by Gasteiger charge is -2.23. The fourth-order valence-electron chi connectivity index (χ4n) is 2.27. The van der Waals surface area contributed by atoms with E-state index in [-0.39, 0.29) is 17.4 Å². The summed E-state index contributed by atoms with van der Waals surface area (Å²) < 4.78 is 66.4. The summed E-state index contributed by atoms with van der Waals surface area (Å²) in [7, 11) is -5.83. The number of rotatable bonds is 8. The van der Waals surface area contributed by atoms with Crippen molar-refractivity contribution < 1.29 is 41.3 Å². The molecule has 0 amide bonds. The molecule has 0 aliphatic rings. The Kier molecular flexibility index (Phi) is 6.70. The number of aliphatic hydroxyl groups is 1. The SMILES string of the molecule is CC(O)C(Nc1ccc([N+](=O)[O-])cc1)Oc1ccc(S(=O)(=O)C(F)(F)F)cc1[N+](=O)[O-]. The Hall–Kier alpha value is -3.46. The minimum Gasteiger partial charge on any atom is -0.461 e. The van der Waals surface area contributed by atoms with Crippen LogP contribution in [0.4, 0.5) is 30.2 Å². The molecule has 2 atom stereocenters. The summed E-state index contributed by atoms with van der Waals surface area (Å²) in [5.74, 6) is -0.619. The van der Waals surface area contributed by atoms with Crippen LogP contribution in [0.5, 0.6) is 5.75 Å². The number of halogens is 3. The number of sulfone groups is 1. The average Bonchev–Trinajstić information content (AvgIpc) is 2.66. The van der Waals surface area contributed by atoms with E-state index in [4.69, 9.17) is 4.74 Å². The van der Waals surface area contributed by atoms with Gasteiger partial charge in [0, 0.05) is 23.9 Å². The van der Waals surface area contributed by atoms with Crippen LogP contribution in [0, 0.1) is 20.2 Å². The van der Waals surface area contributed by atoms with Gasteiger partial charge in [0.05, 0.1) is 14.7 Å². The average molecular weight is 465 g/mol. The lowest BCUT2D eigenvalue weighted by molar-refractivity contribution is -0.386. The molecule has 2 N–H and O–H groups in total. The Bertz CT molecular complexity index is 1090. The highest BCUT2D eigenvalue weighted by atomic mass is 32.2. The number of nitrogens with zero attached hydrogens (tertiary/aromatic N) is 2. The van der Waals surface area contributed by atoms with Crippen molar-refractivity contribution in [2.45, 2.75) is 29.7 Å². The van der Waals surface area contributed by atoms with Gasteiger partial charge in [0.15, 0.2) is 12.0 Å². The standard InChI is InChI=1S/C16H14F3N3O8S/c1-9(23)15(20-10-2-4-11(5-3-10)21(24)25)30-14-7-6-12(8-13(14)22(26)27)31(28,29)16(17,18)19/h2-9,15,20,23H,1H3. The van der Waals surface area contributed by atoms with Crippen molar-refractivity contribution in [3.63, 3.8) is 0 Å². The van der Waals surface area contributed by atoms with Crippen LogP contribution in [-0.2, 0) is 9.84 Å². The van der Waals surface area contributed by atoms with Crippen LogP contribution in [0.2, 0.25) is 0 Å². The highest BCUT2D eigenvalue weighted by Crippen LogP contribution is 2.36. The first-order valence-electron chi connectivity index (χ1n) is 8.19.